The molecule has 206 valence electrons. The van der Waals surface area contributed by atoms with Crippen molar-refractivity contribution in [2.24, 2.45) is 42.9 Å². The molecular formula is C24H34Cl2N10O2. The Bertz CT molecular complexity index is 1240. The molecule has 14 heteroatoms. The summed E-state index contributed by atoms with van der Waals surface area (Å²) in [5.41, 5.74) is 25.8. The maximum atomic E-state index is 6.22. The van der Waals surface area contributed by atoms with Gasteiger partial charge in [0, 0.05) is 0 Å². The third-order valence-electron chi connectivity index (χ3n) is 5.96. The van der Waals surface area contributed by atoms with Crippen LogP contribution in [0.4, 0.5) is 11.4 Å². The van der Waals surface area contributed by atoms with Crippen LogP contribution in [0.2, 0.25) is 0 Å². The average Bonchev–Trinajstić information content (AvgIpc) is 2.76. The van der Waals surface area contributed by atoms with E-state index in [1.165, 1.54) is 0 Å². The first kappa shape index (κ1) is 30.3. The largest absolute Gasteiger partial charge is 0.495 e. The molecule has 0 bridgehead atoms. The number of hydrogen-bond acceptors (Lipinski definition) is 12. The van der Waals surface area contributed by atoms with Gasteiger partial charge in [0.05, 0.1) is 25.6 Å². The van der Waals surface area contributed by atoms with E-state index >= 15 is 0 Å². The van der Waals surface area contributed by atoms with E-state index in [4.69, 9.17) is 32.4 Å². The van der Waals surface area contributed by atoms with Crippen molar-refractivity contribution in [3.8, 4) is 22.6 Å². The minimum absolute atomic E-state index is 0. The first-order valence-corrected chi connectivity index (χ1v) is 11.2. The lowest BCUT2D eigenvalue weighted by molar-refractivity contribution is 0.410. The Balaban J connectivity index is 0.00000253. The minimum Gasteiger partial charge on any atom is -0.495 e. The zero-order valence-corrected chi connectivity index (χ0v) is 23.7. The summed E-state index contributed by atoms with van der Waals surface area (Å²) >= 11 is 0. The molecular weight excluding hydrogens is 531 g/mol. The van der Waals surface area contributed by atoms with Crippen molar-refractivity contribution in [1.82, 2.24) is 0 Å². The molecule has 0 saturated heterocycles. The number of guanidine groups is 4. The van der Waals surface area contributed by atoms with E-state index < -0.39 is 11.3 Å². The Labute approximate surface area is 234 Å². The van der Waals surface area contributed by atoms with E-state index in [9.17, 15) is 0 Å². The van der Waals surface area contributed by atoms with Crippen molar-refractivity contribution < 1.29 is 9.47 Å². The van der Waals surface area contributed by atoms with Gasteiger partial charge in [-0.25, -0.2) is 9.98 Å². The molecule has 0 atom stereocenters. The molecule has 0 fully saturated rings. The molecule has 38 heavy (non-hydrogen) atoms. The van der Waals surface area contributed by atoms with Gasteiger partial charge >= 0.3 is 0 Å². The molecule has 0 radical (unpaired) electrons. The standard InChI is InChI=1S/C24H32N10O2.2ClH/c1-23(2)31-19(25)29-21(27)33(23)15-9-7-13(11-17(15)35-5)14-8-10-16(18(12-14)36-6)34-22(28)30-20(26)32-24(34,3)4;;/h7-12H,1-6H3,(H4,25,27,29,31)(H4,26,28,30,32);2*1H. The van der Waals surface area contributed by atoms with Gasteiger partial charge in [-0.1, -0.05) is 12.1 Å². The van der Waals surface area contributed by atoms with Crippen LogP contribution in [0.3, 0.4) is 0 Å². The van der Waals surface area contributed by atoms with Crippen LogP contribution in [0.25, 0.3) is 11.1 Å². The average molecular weight is 566 g/mol. The van der Waals surface area contributed by atoms with Crippen molar-refractivity contribution in [3.05, 3.63) is 36.4 Å². The van der Waals surface area contributed by atoms with Crippen LogP contribution in [-0.4, -0.2) is 49.4 Å². The second kappa shape index (κ2) is 10.8. The highest BCUT2D eigenvalue weighted by Crippen LogP contribution is 2.41. The Morgan fingerprint density at radius 1 is 0.632 bits per heavy atom. The molecule has 0 saturated carbocycles. The Kier molecular flexibility index (Phi) is 8.65. The van der Waals surface area contributed by atoms with Crippen LogP contribution < -0.4 is 42.2 Å². The molecule has 0 spiro atoms. The van der Waals surface area contributed by atoms with E-state index in [-0.39, 0.29) is 48.7 Å². The molecule has 0 aliphatic carbocycles. The summed E-state index contributed by atoms with van der Waals surface area (Å²) in [6.45, 7) is 7.58. The fourth-order valence-corrected chi connectivity index (χ4v) is 4.53. The van der Waals surface area contributed by atoms with Gasteiger partial charge in [0.25, 0.3) is 0 Å². The van der Waals surface area contributed by atoms with E-state index in [0.29, 0.717) is 22.9 Å². The van der Waals surface area contributed by atoms with Gasteiger partial charge in [0.2, 0.25) is 23.8 Å². The van der Waals surface area contributed by atoms with Gasteiger partial charge in [0.1, 0.15) is 22.8 Å². The molecule has 2 aliphatic heterocycles. The lowest BCUT2D eigenvalue weighted by Crippen LogP contribution is -2.54. The second-order valence-corrected chi connectivity index (χ2v) is 9.31. The maximum Gasteiger partial charge on any atom is 0.220 e. The maximum absolute atomic E-state index is 6.22. The van der Waals surface area contributed by atoms with Crippen molar-refractivity contribution >= 4 is 60.0 Å². The summed E-state index contributed by atoms with van der Waals surface area (Å²) in [6, 6.07) is 11.6. The summed E-state index contributed by atoms with van der Waals surface area (Å²) in [5.74, 6) is 1.92. The lowest BCUT2D eigenvalue weighted by atomic mass is 10.0. The smallest absolute Gasteiger partial charge is 0.220 e. The fourth-order valence-electron chi connectivity index (χ4n) is 4.53. The third-order valence-corrected chi connectivity index (χ3v) is 5.96. The number of nitrogens with two attached hydrogens (primary N) is 4. The number of ether oxygens (including phenoxy) is 2. The number of benzene rings is 2. The molecule has 12 nitrogen and oxygen atoms in total. The second-order valence-electron chi connectivity index (χ2n) is 9.31. The SMILES string of the molecule is COc1cc(-c2ccc(N3C(N)=NC(N)=NC3(C)C)c(OC)c2)ccc1N1C(N)=NC(N)=NC1(C)C.Cl.Cl. The first-order valence-electron chi connectivity index (χ1n) is 11.2. The fraction of sp³-hybridized carbons (Fsp3) is 0.333. The highest BCUT2D eigenvalue weighted by Gasteiger charge is 2.36. The number of rotatable bonds is 5. The van der Waals surface area contributed by atoms with Crippen LogP contribution in [-0.2, 0) is 0 Å². The van der Waals surface area contributed by atoms with Crippen molar-refractivity contribution in [3.63, 3.8) is 0 Å². The molecule has 2 aromatic rings. The lowest BCUT2D eigenvalue weighted by Gasteiger charge is -2.39. The summed E-state index contributed by atoms with van der Waals surface area (Å²) in [6.07, 6.45) is 0. The summed E-state index contributed by atoms with van der Waals surface area (Å²) < 4.78 is 11.5. The number of nitrogens with zero attached hydrogens (tertiary/aromatic N) is 6. The highest BCUT2D eigenvalue weighted by molar-refractivity contribution is 6.07. The molecule has 2 aromatic carbocycles. The minimum atomic E-state index is -0.746. The van der Waals surface area contributed by atoms with Crippen LogP contribution in [0, 0.1) is 0 Å². The van der Waals surface area contributed by atoms with E-state index in [1.807, 2.05) is 64.1 Å². The van der Waals surface area contributed by atoms with Crippen LogP contribution in [0.1, 0.15) is 27.7 Å². The van der Waals surface area contributed by atoms with E-state index in [0.717, 1.165) is 11.1 Å². The molecule has 0 unspecified atom stereocenters. The Hall–Kier alpha value is -3.90. The molecule has 8 N–H and O–H groups in total. The number of hydrogen-bond donors (Lipinski definition) is 4. The zero-order chi connectivity index (χ0) is 26.4. The van der Waals surface area contributed by atoms with E-state index in [1.54, 1.807) is 24.0 Å². The molecule has 2 heterocycles. The Morgan fingerprint density at radius 2 is 0.974 bits per heavy atom. The zero-order valence-electron chi connectivity index (χ0n) is 22.1. The van der Waals surface area contributed by atoms with Gasteiger partial charge in [0.15, 0.2) is 0 Å². The quantitative estimate of drug-likeness (QED) is 0.427. The van der Waals surface area contributed by atoms with Crippen LogP contribution in [0.15, 0.2) is 56.4 Å². The molecule has 0 amide bonds. The van der Waals surface area contributed by atoms with Crippen molar-refractivity contribution in [1.29, 1.82) is 0 Å². The van der Waals surface area contributed by atoms with Crippen molar-refractivity contribution in [2.75, 3.05) is 24.0 Å². The van der Waals surface area contributed by atoms with Crippen molar-refractivity contribution in [2.45, 2.75) is 39.0 Å². The predicted octanol–water partition coefficient (Wildman–Crippen LogP) is 2.59. The van der Waals surface area contributed by atoms with Gasteiger partial charge in [-0.3, -0.25) is 9.80 Å². The highest BCUT2D eigenvalue weighted by atomic mass is 35.5. The Morgan fingerprint density at radius 3 is 1.26 bits per heavy atom. The summed E-state index contributed by atoms with van der Waals surface area (Å²) in [7, 11) is 3.20. The van der Waals surface area contributed by atoms with Gasteiger partial charge < -0.3 is 32.4 Å². The van der Waals surface area contributed by atoms with Crippen LogP contribution in [0.5, 0.6) is 11.5 Å². The van der Waals surface area contributed by atoms with E-state index in [2.05, 4.69) is 20.0 Å². The first-order chi connectivity index (χ1) is 16.9. The van der Waals surface area contributed by atoms with Crippen LogP contribution >= 0.6 is 24.8 Å². The number of aliphatic imine (C=N–C) groups is 4. The summed E-state index contributed by atoms with van der Waals surface area (Å²) in [5, 5.41) is 0. The number of methoxy groups -OCH3 is 2. The number of halogens is 2. The topological polar surface area (TPSA) is 178 Å². The number of anilines is 2. The van der Waals surface area contributed by atoms with Gasteiger partial charge in [-0.15, -0.1) is 24.8 Å². The summed E-state index contributed by atoms with van der Waals surface area (Å²) in [4.78, 5) is 20.6. The van der Waals surface area contributed by atoms with Gasteiger partial charge in [-0.05, 0) is 63.1 Å². The monoisotopic (exact) mass is 564 g/mol. The van der Waals surface area contributed by atoms with Gasteiger partial charge in [-0.2, -0.15) is 9.98 Å². The normalized spacial score (nSPS) is 17.6. The molecule has 4 rings (SSSR count). The third kappa shape index (κ3) is 5.36. The predicted molar refractivity (Wildman–Crippen MR) is 159 cm³/mol. The molecule has 2 aliphatic rings. The molecule has 0 aromatic heterocycles.